The number of likely N-dealkylation sites (N-methyl/N-ethyl adjacent to an activating group) is 1. The van der Waals surface area contributed by atoms with Gasteiger partial charge in [0, 0.05) is 11.7 Å². The minimum absolute atomic E-state index is 0.00821. The molecule has 2 rings (SSSR count). The van der Waals surface area contributed by atoms with Crippen LogP contribution in [0.5, 0.6) is 5.75 Å². The van der Waals surface area contributed by atoms with E-state index in [1.807, 2.05) is 26.1 Å². The molecule has 1 aliphatic rings. The van der Waals surface area contributed by atoms with E-state index in [-0.39, 0.29) is 18.4 Å². The van der Waals surface area contributed by atoms with Gasteiger partial charge in [-0.3, -0.25) is 9.59 Å². The summed E-state index contributed by atoms with van der Waals surface area (Å²) in [7, 11) is 1.84. The average molecular weight is 306 g/mol. The lowest BCUT2D eigenvalue weighted by molar-refractivity contribution is -0.862. The Kier molecular flexibility index (Phi) is 5.77. The Morgan fingerprint density at radius 2 is 1.82 bits per heavy atom. The van der Waals surface area contributed by atoms with Crippen molar-refractivity contribution in [2.24, 2.45) is 0 Å². The van der Waals surface area contributed by atoms with Crippen LogP contribution in [-0.2, 0) is 9.59 Å². The molecule has 0 aromatic heterocycles. The summed E-state index contributed by atoms with van der Waals surface area (Å²) in [5, 5.41) is 5.74. The third-order valence-corrected chi connectivity index (χ3v) is 3.32. The van der Waals surface area contributed by atoms with Crippen LogP contribution < -0.4 is 20.3 Å². The van der Waals surface area contributed by atoms with Crippen LogP contribution in [0.2, 0.25) is 0 Å². The molecule has 1 aliphatic carbocycles. The molecular formula is C16H24N3O3+. The lowest BCUT2D eigenvalue weighted by Gasteiger charge is -2.13. The van der Waals surface area contributed by atoms with Crippen LogP contribution in [0.3, 0.4) is 0 Å². The van der Waals surface area contributed by atoms with Crippen molar-refractivity contribution in [1.29, 1.82) is 0 Å². The first kappa shape index (κ1) is 16.3. The monoisotopic (exact) mass is 306 g/mol. The number of carbonyl (C=O) groups is 2. The summed E-state index contributed by atoms with van der Waals surface area (Å²) in [4.78, 5) is 24.5. The van der Waals surface area contributed by atoms with Crippen LogP contribution >= 0.6 is 0 Å². The fourth-order valence-corrected chi connectivity index (χ4v) is 2.12. The fourth-order valence-electron chi connectivity index (χ4n) is 2.12. The summed E-state index contributed by atoms with van der Waals surface area (Å²) < 4.78 is 5.35. The summed E-state index contributed by atoms with van der Waals surface area (Å²) in [6.45, 7) is 3.11. The number of rotatable bonds is 8. The summed E-state index contributed by atoms with van der Waals surface area (Å²) in [6.07, 6.45) is 2.14. The molecule has 0 heterocycles. The van der Waals surface area contributed by atoms with Crippen LogP contribution in [0, 0.1) is 0 Å². The van der Waals surface area contributed by atoms with E-state index in [4.69, 9.17) is 4.74 Å². The van der Waals surface area contributed by atoms with Gasteiger partial charge in [-0.25, -0.2) is 0 Å². The second kappa shape index (κ2) is 7.79. The van der Waals surface area contributed by atoms with Gasteiger partial charge in [-0.2, -0.15) is 0 Å². The quantitative estimate of drug-likeness (QED) is 0.624. The van der Waals surface area contributed by atoms with Crippen LogP contribution in [-0.4, -0.2) is 44.6 Å². The smallest absolute Gasteiger partial charge is 0.279 e. The van der Waals surface area contributed by atoms with Crippen LogP contribution in [0.15, 0.2) is 24.3 Å². The van der Waals surface area contributed by atoms with E-state index in [1.54, 1.807) is 12.1 Å². The van der Waals surface area contributed by atoms with Gasteiger partial charge in [0.05, 0.1) is 13.7 Å². The number of anilines is 1. The van der Waals surface area contributed by atoms with Crippen molar-refractivity contribution >= 4 is 17.5 Å². The number of amides is 2. The molecule has 6 heteroatoms. The first-order valence-corrected chi connectivity index (χ1v) is 7.70. The molecule has 1 unspecified atom stereocenters. The van der Waals surface area contributed by atoms with E-state index in [0.717, 1.165) is 29.2 Å². The van der Waals surface area contributed by atoms with Gasteiger partial charge in [0.25, 0.3) is 11.8 Å². The van der Waals surface area contributed by atoms with Gasteiger partial charge in [-0.15, -0.1) is 0 Å². The van der Waals surface area contributed by atoms with Crippen molar-refractivity contribution in [3.63, 3.8) is 0 Å². The van der Waals surface area contributed by atoms with E-state index in [9.17, 15) is 9.59 Å². The molecular weight excluding hydrogens is 282 g/mol. The standard InChI is InChI=1S/C16H23N3O3/c1-3-22-14-8-6-13(7-9-14)18-16(21)11-19(2)10-15(20)17-12-4-5-12/h6-9,12H,3-5,10-11H2,1-2H3,(H,17,20)(H,18,21)/p+1. The normalized spacial score (nSPS) is 15.0. The van der Waals surface area contributed by atoms with Crippen molar-refractivity contribution in [3.05, 3.63) is 24.3 Å². The molecule has 0 spiro atoms. The zero-order valence-corrected chi connectivity index (χ0v) is 13.1. The molecule has 22 heavy (non-hydrogen) atoms. The Morgan fingerprint density at radius 3 is 2.41 bits per heavy atom. The minimum Gasteiger partial charge on any atom is -0.494 e. The van der Waals surface area contributed by atoms with Crippen molar-refractivity contribution in [1.82, 2.24) is 5.32 Å². The first-order chi connectivity index (χ1) is 10.6. The number of carbonyl (C=O) groups excluding carboxylic acids is 2. The van der Waals surface area contributed by atoms with Gasteiger partial charge >= 0.3 is 0 Å². The number of hydrogen-bond donors (Lipinski definition) is 3. The zero-order valence-electron chi connectivity index (χ0n) is 13.1. The Balaban J connectivity index is 1.72. The predicted molar refractivity (Wildman–Crippen MR) is 84.0 cm³/mol. The SMILES string of the molecule is CCOc1ccc(NC(=O)C[NH+](C)CC(=O)NC2CC2)cc1. The minimum atomic E-state index is -0.110. The summed E-state index contributed by atoms with van der Waals surface area (Å²) >= 11 is 0. The lowest BCUT2D eigenvalue weighted by atomic mass is 10.3. The molecule has 1 aromatic rings. The van der Waals surface area contributed by atoms with E-state index >= 15 is 0 Å². The Labute approximate surface area is 130 Å². The molecule has 1 fully saturated rings. The maximum Gasteiger partial charge on any atom is 0.279 e. The van der Waals surface area contributed by atoms with Crippen LogP contribution in [0.1, 0.15) is 19.8 Å². The molecule has 0 bridgehead atoms. The Bertz CT molecular complexity index is 512. The highest BCUT2D eigenvalue weighted by atomic mass is 16.5. The van der Waals surface area contributed by atoms with Gasteiger partial charge in [0.15, 0.2) is 13.1 Å². The van der Waals surface area contributed by atoms with Gasteiger partial charge < -0.3 is 20.3 Å². The van der Waals surface area contributed by atoms with E-state index in [0.29, 0.717) is 19.2 Å². The Morgan fingerprint density at radius 1 is 1.18 bits per heavy atom. The lowest BCUT2D eigenvalue weighted by Crippen LogP contribution is -3.11. The zero-order chi connectivity index (χ0) is 15.9. The highest BCUT2D eigenvalue weighted by Gasteiger charge is 2.24. The van der Waals surface area contributed by atoms with E-state index in [1.165, 1.54) is 0 Å². The molecule has 0 radical (unpaired) electrons. The molecule has 6 nitrogen and oxygen atoms in total. The molecule has 2 amide bonds. The fraction of sp³-hybridized carbons (Fsp3) is 0.500. The number of benzene rings is 1. The topological polar surface area (TPSA) is 71.9 Å². The highest BCUT2D eigenvalue weighted by molar-refractivity contribution is 5.91. The molecule has 0 saturated heterocycles. The van der Waals surface area contributed by atoms with Crippen molar-refractivity contribution in [3.8, 4) is 5.75 Å². The number of quaternary nitrogens is 1. The first-order valence-electron chi connectivity index (χ1n) is 7.70. The third-order valence-electron chi connectivity index (χ3n) is 3.32. The average Bonchev–Trinajstić information content (AvgIpc) is 3.24. The second-order valence-electron chi connectivity index (χ2n) is 5.66. The van der Waals surface area contributed by atoms with Crippen molar-refractivity contribution < 1.29 is 19.2 Å². The predicted octanol–water partition coefficient (Wildman–Crippen LogP) is -0.183. The van der Waals surface area contributed by atoms with Crippen LogP contribution in [0.25, 0.3) is 0 Å². The number of hydrogen-bond acceptors (Lipinski definition) is 3. The Hall–Kier alpha value is -2.08. The van der Waals surface area contributed by atoms with Crippen molar-refractivity contribution in [2.75, 3.05) is 32.1 Å². The molecule has 3 N–H and O–H groups in total. The number of nitrogens with one attached hydrogen (secondary N) is 3. The summed E-state index contributed by atoms with van der Waals surface area (Å²) in [5.74, 6) is 0.676. The maximum atomic E-state index is 12.0. The molecule has 1 saturated carbocycles. The largest absolute Gasteiger partial charge is 0.494 e. The summed E-state index contributed by atoms with van der Waals surface area (Å²) in [5.41, 5.74) is 0.726. The van der Waals surface area contributed by atoms with Crippen LogP contribution in [0.4, 0.5) is 5.69 Å². The molecule has 120 valence electrons. The summed E-state index contributed by atoms with van der Waals surface area (Å²) in [6, 6.07) is 7.60. The van der Waals surface area contributed by atoms with Gasteiger partial charge in [0.2, 0.25) is 0 Å². The molecule has 1 aromatic carbocycles. The van der Waals surface area contributed by atoms with E-state index in [2.05, 4.69) is 10.6 Å². The van der Waals surface area contributed by atoms with Gasteiger partial charge in [-0.05, 0) is 44.0 Å². The van der Waals surface area contributed by atoms with Gasteiger partial charge in [-0.1, -0.05) is 0 Å². The molecule has 0 aliphatic heterocycles. The number of ether oxygens (including phenoxy) is 1. The van der Waals surface area contributed by atoms with E-state index < -0.39 is 0 Å². The van der Waals surface area contributed by atoms with Gasteiger partial charge in [0.1, 0.15) is 5.75 Å². The third kappa shape index (κ3) is 5.73. The highest BCUT2D eigenvalue weighted by Crippen LogP contribution is 2.18. The second-order valence-corrected chi connectivity index (χ2v) is 5.66. The van der Waals surface area contributed by atoms with Crippen molar-refractivity contribution in [2.45, 2.75) is 25.8 Å². The molecule has 1 atom stereocenters. The maximum absolute atomic E-state index is 12.0.